The summed E-state index contributed by atoms with van der Waals surface area (Å²) in [4.78, 5) is 0. The summed E-state index contributed by atoms with van der Waals surface area (Å²) in [5.74, 6) is -0.115. The first-order valence-electron chi connectivity index (χ1n) is 7.74. The van der Waals surface area contributed by atoms with Gasteiger partial charge in [-0.25, -0.2) is 4.39 Å². The lowest BCUT2D eigenvalue weighted by Crippen LogP contribution is -2.23. The van der Waals surface area contributed by atoms with E-state index in [0.717, 1.165) is 31.4 Å². The van der Waals surface area contributed by atoms with Gasteiger partial charge in [0, 0.05) is 11.6 Å². The van der Waals surface area contributed by atoms with Crippen molar-refractivity contribution in [3.05, 3.63) is 71.0 Å². The van der Waals surface area contributed by atoms with E-state index in [2.05, 4.69) is 43.4 Å². The molecule has 2 aromatic carbocycles. The van der Waals surface area contributed by atoms with Crippen LogP contribution >= 0.6 is 0 Å². The van der Waals surface area contributed by atoms with E-state index in [4.69, 9.17) is 0 Å². The molecule has 21 heavy (non-hydrogen) atoms. The van der Waals surface area contributed by atoms with Crippen LogP contribution in [-0.2, 0) is 6.42 Å². The van der Waals surface area contributed by atoms with Gasteiger partial charge in [-0.15, -0.1) is 0 Å². The first kappa shape index (κ1) is 15.7. The average Bonchev–Trinajstić information content (AvgIpc) is 2.48. The van der Waals surface area contributed by atoms with Crippen LogP contribution in [0.5, 0.6) is 0 Å². The van der Waals surface area contributed by atoms with Crippen LogP contribution in [0.1, 0.15) is 42.5 Å². The zero-order valence-corrected chi connectivity index (χ0v) is 12.9. The molecule has 0 amide bonds. The quantitative estimate of drug-likeness (QED) is 0.770. The van der Waals surface area contributed by atoms with E-state index in [1.807, 2.05) is 12.1 Å². The van der Waals surface area contributed by atoms with Crippen molar-refractivity contribution in [2.45, 2.75) is 39.2 Å². The van der Waals surface area contributed by atoms with Gasteiger partial charge in [-0.3, -0.25) is 0 Å². The van der Waals surface area contributed by atoms with Crippen molar-refractivity contribution in [2.24, 2.45) is 0 Å². The second kappa shape index (κ2) is 7.94. The van der Waals surface area contributed by atoms with Crippen LogP contribution in [0.4, 0.5) is 4.39 Å². The fraction of sp³-hybridized carbons (Fsp3) is 0.368. The third kappa shape index (κ3) is 4.68. The van der Waals surface area contributed by atoms with Gasteiger partial charge in [0.05, 0.1) is 0 Å². The molecule has 0 aliphatic heterocycles. The fourth-order valence-corrected chi connectivity index (χ4v) is 2.62. The molecule has 0 saturated heterocycles. The highest BCUT2D eigenvalue weighted by molar-refractivity contribution is 5.24. The molecule has 0 fully saturated rings. The molecular weight excluding hydrogens is 261 g/mol. The van der Waals surface area contributed by atoms with Gasteiger partial charge in [0.1, 0.15) is 5.82 Å². The van der Waals surface area contributed by atoms with E-state index >= 15 is 0 Å². The lowest BCUT2D eigenvalue weighted by atomic mass is 9.97. The van der Waals surface area contributed by atoms with Crippen LogP contribution in [0.25, 0.3) is 0 Å². The highest BCUT2D eigenvalue weighted by Crippen LogP contribution is 2.22. The number of benzene rings is 2. The van der Waals surface area contributed by atoms with Gasteiger partial charge in [-0.2, -0.15) is 0 Å². The monoisotopic (exact) mass is 285 g/mol. The molecule has 1 N–H and O–H groups in total. The molecule has 0 heterocycles. The van der Waals surface area contributed by atoms with Crippen LogP contribution in [-0.4, -0.2) is 6.54 Å². The normalized spacial score (nSPS) is 12.3. The van der Waals surface area contributed by atoms with Crippen molar-refractivity contribution >= 4 is 0 Å². The highest BCUT2D eigenvalue weighted by atomic mass is 19.1. The zero-order valence-electron chi connectivity index (χ0n) is 12.9. The zero-order chi connectivity index (χ0) is 15.1. The lowest BCUT2D eigenvalue weighted by molar-refractivity contribution is 0.473. The minimum atomic E-state index is -0.115. The summed E-state index contributed by atoms with van der Waals surface area (Å²) in [6, 6.07) is 15.7. The third-order valence-electron chi connectivity index (χ3n) is 3.73. The Morgan fingerprint density at radius 3 is 2.62 bits per heavy atom. The van der Waals surface area contributed by atoms with E-state index in [0.29, 0.717) is 0 Å². The van der Waals surface area contributed by atoms with Crippen molar-refractivity contribution in [2.75, 3.05) is 6.54 Å². The van der Waals surface area contributed by atoms with Crippen molar-refractivity contribution in [3.63, 3.8) is 0 Å². The summed E-state index contributed by atoms with van der Waals surface area (Å²) in [6.07, 6.45) is 2.91. The Balaban J connectivity index is 2.08. The molecule has 2 rings (SSSR count). The summed E-state index contributed by atoms with van der Waals surface area (Å²) in [5, 5.41) is 3.47. The Labute approximate surface area is 127 Å². The standard InChI is InChI=1S/C19H24FN/c1-3-13-21-19(17-9-4-5-10-18(17)20)12-11-16-8-6-7-15(2)14-16/h4-10,14,19,21H,3,11-13H2,1-2H3. The van der Waals surface area contributed by atoms with E-state index in [9.17, 15) is 4.39 Å². The number of hydrogen-bond donors (Lipinski definition) is 1. The SMILES string of the molecule is CCCNC(CCc1cccc(C)c1)c1ccccc1F. The third-order valence-corrected chi connectivity index (χ3v) is 3.73. The van der Waals surface area contributed by atoms with Gasteiger partial charge in [0.25, 0.3) is 0 Å². The summed E-state index contributed by atoms with van der Waals surface area (Å²) >= 11 is 0. The number of hydrogen-bond acceptors (Lipinski definition) is 1. The van der Waals surface area contributed by atoms with Crippen molar-refractivity contribution < 1.29 is 4.39 Å². The molecule has 2 heteroatoms. The maximum absolute atomic E-state index is 14.0. The summed E-state index contributed by atoms with van der Waals surface area (Å²) in [6.45, 7) is 5.14. The molecule has 0 aromatic heterocycles. The number of rotatable bonds is 7. The maximum atomic E-state index is 14.0. The lowest BCUT2D eigenvalue weighted by Gasteiger charge is -2.19. The first-order chi connectivity index (χ1) is 10.2. The molecule has 0 aliphatic carbocycles. The minimum Gasteiger partial charge on any atom is -0.310 e. The van der Waals surface area contributed by atoms with Crippen LogP contribution in [0.3, 0.4) is 0 Å². The topological polar surface area (TPSA) is 12.0 Å². The second-order valence-corrected chi connectivity index (χ2v) is 5.56. The molecule has 1 unspecified atom stereocenters. The van der Waals surface area contributed by atoms with Crippen molar-refractivity contribution in [1.29, 1.82) is 0 Å². The smallest absolute Gasteiger partial charge is 0.127 e. The van der Waals surface area contributed by atoms with Crippen LogP contribution in [0.15, 0.2) is 48.5 Å². The van der Waals surface area contributed by atoms with Crippen molar-refractivity contribution in [1.82, 2.24) is 5.32 Å². The van der Waals surface area contributed by atoms with Gasteiger partial charge in [-0.05, 0) is 44.4 Å². The highest BCUT2D eigenvalue weighted by Gasteiger charge is 2.14. The molecule has 0 radical (unpaired) electrons. The largest absolute Gasteiger partial charge is 0.310 e. The molecular formula is C19H24FN. The summed E-state index contributed by atoms with van der Waals surface area (Å²) < 4.78 is 14.0. The number of halogens is 1. The Morgan fingerprint density at radius 1 is 1.10 bits per heavy atom. The maximum Gasteiger partial charge on any atom is 0.127 e. The van der Waals surface area contributed by atoms with Gasteiger partial charge >= 0.3 is 0 Å². The van der Waals surface area contributed by atoms with E-state index in [1.54, 1.807) is 12.1 Å². The molecule has 1 nitrogen and oxygen atoms in total. The molecule has 0 aliphatic rings. The fourth-order valence-electron chi connectivity index (χ4n) is 2.62. The second-order valence-electron chi connectivity index (χ2n) is 5.56. The minimum absolute atomic E-state index is 0.0756. The Morgan fingerprint density at radius 2 is 1.90 bits per heavy atom. The molecule has 0 saturated carbocycles. The van der Waals surface area contributed by atoms with Gasteiger partial charge in [0.2, 0.25) is 0 Å². The van der Waals surface area contributed by atoms with Gasteiger partial charge < -0.3 is 5.32 Å². The number of aryl methyl sites for hydroxylation is 2. The Kier molecular flexibility index (Phi) is 5.94. The molecule has 112 valence electrons. The van der Waals surface area contributed by atoms with Gasteiger partial charge in [0.15, 0.2) is 0 Å². The van der Waals surface area contributed by atoms with Crippen molar-refractivity contribution in [3.8, 4) is 0 Å². The molecule has 0 bridgehead atoms. The molecule has 2 aromatic rings. The van der Waals surface area contributed by atoms with Crippen LogP contribution < -0.4 is 5.32 Å². The predicted octanol–water partition coefficient (Wildman–Crippen LogP) is 4.81. The number of nitrogens with one attached hydrogen (secondary N) is 1. The predicted molar refractivity (Wildman–Crippen MR) is 86.9 cm³/mol. The van der Waals surface area contributed by atoms with E-state index in [-0.39, 0.29) is 11.9 Å². The summed E-state index contributed by atoms with van der Waals surface area (Å²) in [5.41, 5.74) is 3.37. The van der Waals surface area contributed by atoms with Crippen LogP contribution in [0, 0.1) is 12.7 Å². The van der Waals surface area contributed by atoms with E-state index < -0.39 is 0 Å². The van der Waals surface area contributed by atoms with Crippen LogP contribution in [0.2, 0.25) is 0 Å². The Bertz CT molecular complexity index is 565. The average molecular weight is 285 g/mol. The van der Waals surface area contributed by atoms with Gasteiger partial charge in [-0.1, -0.05) is 55.0 Å². The van der Waals surface area contributed by atoms with E-state index in [1.165, 1.54) is 11.1 Å². The Hall–Kier alpha value is -1.67. The molecule has 0 spiro atoms. The first-order valence-corrected chi connectivity index (χ1v) is 7.74. The molecule has 1 atom stereocenters. The summed E-state index contributed by atoms with van der Waals surface area (Å²) in [7, 11) is 0.